The highest BCUT2D eigenvalue weighted by Crippen LogP contribution is 2.23. The molecular formula is C22H24ClF2N3O. The second-order valence-electron chi connectivity index (χ2n) is 7.52. The van der Waals surface area contributed by atoms with Crippen molar-refractivity contribution in [3.05, 3.63) is 64.4 Å². The Bertz CT molecular complexity index is 1030. The highest BCUT2D eigenvalue weighted by Gasteiger charge is 2.23. The molecule has 0 fully saturated rings. The van der Waals surface area contributed by atoms with Gasteiger partial charge in [0.05, 0.1) is 23.1 Å². The topological polar surface area (TPSA) is 38.1 Å². The van der Waals surface area contributed by atoms with E-state index in [9.17, 15) is 13.6 Å². The molecule has 1 aromatic heterocycles. The highest BCUT2D eigenvalue weighted by atomic mass is 35.5. The molecule has 0 aliphatic heterocycles. The third-order valence-corrected chi connectivity index (χ3v) is 4.84. The number of carbonyl (C=O) groups is 1. The van der Waals surface area contributed by atoms with Crippen LogP contribution in [-0.4, -0.2) is 26.9 Å². The van der Waals surface area contributed by atoms with Crippen LogP contribution in [0.1, 0.15) is 43.4 Å². The second kappa shape index (κ2) is 8.91. The molecule has 7 heteroatoms. The van der Waals surface area contributed by atoms with Gasteiger partial charge in [0.25, 0.3) is 5.91 Å². The largest absolute Gasteiger partial charge is 0.331 e. The lowest BCUT2D eigenvalue weighted by Crippen LogP contribution is -2.35. The van der Waals surface area contributed by atoms with Gasteiger partial charge in [0.15, 0.2) is 0 Å². The molecule has 3 rings (SSSR count). The molecule has 0 unspecified atom stereocenters. The molecule has 0 aliphatic carbocycles. The summed E-state index contributed by atoms with van der Waals surface area (Å²) < 4.78 is 29.5. The average molecular weight is 420 g/mol. The molecule has 29 heavy (non-hydrogen) atoms. The number of aromatic nitrogens is 2. The van der Waals surface area contributed by atoms with E-state index in [-0.39, 0.29) is 18.0 Å². The number of carbonyl (C=O) groups excluding carboxylic acids is 1. The van der Waals surface area contributed by atoms with Gasteiger partial charge in [-0.05, 0) is 42.7 Å². The van der Waals surface area contributed by atoms with E-state index in [2.05, 4.69) is 11.9 Å². The third-order valence-electron chi connectivity index (χ3n) is 4.60. The van der Waals surface area contributed by atoms with Crippen LogP contribution in [0.3, 0.4) is 0 Å². The smallest absolute Gasteiger partial charge is 0.257 e. The normalized spacial score (nSPS) is 11.4. The predicted octanol–water partition coefficient (Wildman–Crippen LogP) is 5.68. The van der Waals surface area contributed by atoms with Crippen molar-refractivity contribution in [3.63, 3.8) is 0 Å². The van der Waals surface area contributed by atoms with Gasteiger partial charge in [-0.2, -0.15) is 0 Å². The van der Waals surface area contributed by atoms with Crippen LogP contribution in [0.15, 0.2) is 36.4 Å². The molecule has 154 valence electrons. The summed E-state index contributed by atoms with van der Waals surface area (Å²) in [6.45, 7) is 7.39. The van der Waals surface area contributed by atoms with Crippen LogP contribution in [0.4, 0.5) is 8.78 Å². The minimum absolute atomic E-state index is 0.145. The molecule has 4 nitrogen and oxygen atoms in total. The first kappa shape index (κ1) is 21.2. The van der Waals surface area contributed by atoms with Gasteiger partial charge in [-0.15, -0.1) is 0 Å². The van der Waals surface area contributed by atoms with Crippen molar-refractivity contribution in [1.82, 2.24) is 14.5 Å². The molecule has 0 atom stereocenters. The number of halogens is 3. The van der Waals surface area contributed by atoms with Crippen molar-refractivity contribution in [3.8, 4) is 0 Å². The molecule has 0 saturated heterocycles. The SMILES string of the molecule is CCCn1c(CN(CC(C)C)C(=O)c2ccc(F)cc2F)nc2ccc(Cl)cc21. The Balaban J connectivity index is 2.00. The molecule has 0 saturated carbocycles. The molecule has 1 amide bonds. The lowest BCUT2D eigenvalue weighted by molar-refractivity contribution is 0.0711. The van der Waals surface area contributed by atoms with Gasteiger partial charge in [-0.25, -0.2) is 13.8 Å². The first-order valence-electron chi connectivity index (χ1n) is 9.69. The predicted molar refractivity (Wildman–Crippen MR) is 111 cm³/mol. The zero-order chi connectivity index (χ0) is 21.1. The molecule has 0 N–H and O–H groups in total. The Hall–Kier alpha value is -2.47. The maximum Gasteiger partial charge on any atom is 0.257 e. The molecule has 0 bridgehead atoms. The fourth-order valence-electron chi connectivity index (χ4n) is 3.40. The summed E-state index contributed by atoms with van der Waals surface area (Å²) in [6, 6.07) is 8.50. The van der Waals surface area contributed by atoms with Crippen molar-refractivity contribution >= 4 is 28.5 Å². The number of hydrogen-bond donors (Lipinski definition) is 0. The maximum atomic E-state index is 14.2. The standard InChI is InChI=1S/C22H24ClF2N3O/c1-4-9-28-20-10-15(23)5-8-19(20)26-21(28)13-27(12-14(2)3)22(29)17-7-6-16(24)11-18(17)25/h5-8,10-11,14H,4,9,12-13H2,1-3H3. The molecule has 0 spiro atoms. The van der Waals surface area contributed by atoms with Crippen LogP contribution in [-0.2, 0) is 13.1 Å². The Morgan fingerprint density at radius 3 is 2.62 bits per heavy atom. The van der Waals surface area contributed by atoms with Gasteiger partial charge in [0.1, 0.15) is 17.5 Å². The molecule has 0 aliphatic rings. The monoisotopic (exact) mass is 419 g/mol. The first-order valence-corrected chi connectivity index (χ1v) is 10.1. The van der Waals surface area contributed by atoms with E-state index >= 15 is 0 Å². The summed E-state index contributed by atoms with van der Waals surface area (Å²) in [5, 5.41) is 0.616. The number of fused-ring (bicyclic) bond motifs is 1. The highest BCUT2D eigenvalue weighted by molar-refractivity contribution is 6.31. The van der Waals surface area contributed by atoms with E-state index < -0.39 is 17.5 Å². The van der Waals surface area contributed by atoms with Crippen molar-refractivity contribution in [2.75, 3.05) is 6.54 Å². The van der Waals surface area contributed by atoms with Crippen LogP contribution in [0.25, 0.3) is 11.0 Å². The summed E-state index contributed by atoms with van der Waals surface area (Å²) in [5.41, 5.74) is 1.55. The van der Waals surface area contributed by atoms with Crippen molar-refractivity contribution in [2.45, 2.75) is 40.3 Å². The van der Waals surface area contributed by atoms with Crippen molar-refractivity contribution < 1.29 is 13.6 Å². The number of benzene rings is 2. The van der Waals surface area contributed by atoms with E-state index in [1.807, 2.05) is 30.5 Å². The third kappa shape index (κ3) is 4.75. The molecular weight excluding hydrogens is 396 g/mol. The van der Waals surface area contributed by atoms with Crippen LogP contribution in [0.2, 0.25) is 5.02 Å². The number of imidazole rings is 1. The van der Waals surface area contributed by atoms with Gasteiger partial charge in [-0.3, -0.25) is 4.79 Å². The van der Waals surface area contributed by atoms with Crippen LogP contribution < -0.4 is 0 Å². The van der Waals surface area contributed by atoms with Crippen molar-refractivity contribution in [2.24, 2.45) is 5.92 Å². The Morgan fingerprint density at radius 1 is 1.21 bits per heavy atom. The van der Waals surface area contributed by atoms with Crippen molar-refractivity contribution in [1.29, 1.82) is 0 Å². The Morgan fingerprint density at radius 2 is 1.97 bits per heavy atom. The molecule has 3 aromatic rings. The summed E-state index contributed by atoms with van der Waals surface area (Å²) in [6.07, 6.45) is 0.885. The minimum atomic E-state index is -0.863. The summed E-state index contributed by atoms with van der Waals surface area (Å²) >= 11 is 6.16. The summed E-state index contributed by atoms with van der Waals surface area (Å²) in [4.78, 5) is 19.3. The minimum Gasteiger partial charge on any atom is -0.331 e. The zero-order valence-electron chi connectivity index (χ0n) is 16.8. The van der Waals surface area contributed by atoms with Gasteiger partial charge in [0, 0.05) is 24.2 Å². The number of amides is 1. The first-order chi connectivity index (χ1) is 13.8. The fraction of sp³-hybridized carbons (Fsp3) is 0.364. The number of hydrogen-bond acceptors (Lipinski definition) is 2. The zero-order valence-corrected chi connectivity index (χ0v) is 17.5. The van der Waals surface area contributed by atoms with Gasteiger partial charge >= 0.3 is 0 Å². The number of rotatable bonds is 7. The number of nitrogens with zero attached hydrogens (tertiary/aromatic N) is 3. The van der Waals surface area contributed by atoms with E-state index in [4.69, 9.17) is 11.6 Å². The van der Waals surface area contributed by atoms with Crippen LogP contribution in [0.5, 0.6) is 0 Å². The summed E-state index contributed by atoms with van der Waals surface area (Å²) in [7, 11) is 0. The van der Waals surface area contributed by atoms with E-state index in [0.717, 1.165) is 36.1 Å². The quantitative estimate of drug-likeness (QED) is 0.494. The van der Waals surface area contributed by atoms with Gasteiger partial charge in [-0.1, -0.05) is 32.4 Å². The Labute approximate surface area is 174 Å². The molecule has 2 aromatic carbocycles. The van der Waals surface area contributed by atoms with E-state index in [1.54, 1.807) is 11.0 Å². The maximum absolute atomic E-state index is 14.2. The number of aryl methyl sites for hydroxylation is 1. The lowest BCUT2D eigenvalue weighted by atomic mass is 10.1. The van der Waals surface area contributed by atoms with Crippen LogP contribution >= 0.6 is 11.6 Å². The molecule has 0 radical (unpaired) electrons. The summed E-state index contributed by atoms with van der Waals surface area (Å²) in [5.74, 6) is -1.18. The van der Waals surface area contributed by atoms with Gasteiger partial charge < -0.3 is 9.47 Å². The average Bonchev–Trinajstić information content (AvgIpc) is 2.97. The van der Waals surface area contributed by atoms with E-state index in [1.165, 1.54) is 6.07 Å². The van der Waals surface area contributed by atoms with Gasteiger partial charge in [0.2, 0.25) is 0 Å². The fourth-order valence-corrected chi connectivity index (χ4v) is 3.57. The second-order valence-corrected chi connectivity index (χ2v) is 7.95. The lowest BCUT2D eigenvalue weighted by Gasteiger charge is -2.25. The van der Waals surface area contributed by atoms with E-state index in [0.29, 0.717) is 17.4 Å². The van der Waals surface area contributed by atoms with Crippen LogP contribution in [0, 0.1) is 17.6 Å². The molecule has 1 heterocycles. The Kier molecular flexibility index (Phi) is 6.52.